The van der Waals surface area contributed by atoms with Crippen LogP contribution in [0.25, 0.3) is 0 Å². The summed E-state index contributed by atoms with van der Waals surface area (Å²) in [5.41, 5.74) is 0. The molecule has 0 saturated carbocycles. The highest BCUT2D eigenvalue weighted by molar-refractivity contribution is 9.10. The van der Waals surface area contributed by atoms with Gasteiger partial charge in [0.25, 0.3) is 0 Å². The number of piperazine rings is 1. The zero-order chi connectivity index (χ0) is 13.1. The van der Waals surface area contributed by atoms with Gasteiger partial charge in [0, 0.05) is 45.9 Å². The Hall–Kier alpha value is 0.1000. The second-order valence-corrected chi connectivity index (χ2v) is 7.32. The van der Waals surface area contributed by atoms with Gasteiger partial charge in [-0.3, -0.25) is 4.90 Å². The molecule has 0 aliphatic carbocycles. The molecular weight excluding hydrogens is 308 g/mol. The van der Waals surface area contributed by atoms with E-state index in [1.54, 1.807) is 0 Å². The predicted molar refractivity (Wildman–Crippen MR) is 83.3 cm³/mol. The fraction of sp³-hybridized carbons (Fsp3) is 0.714. The van der Waals surface area contributed by atoms with Gasteiger partial charge in [0.1, 0.15) is 0 Å². The summed E-state index contributed by atoms with van der Waals surface area (Å²) in [6, 6.07) is 3.64. The molecule has 0 bridgehead atoms. The summed E-state index contributed by atoms with van der Waals surface area (Å²) in [4.78, 5) is 5.53. The molecular formula is C14H23BrN2S. The Balaban J connectivity index is 2.04. The lowest BCUT2D eigenvalue weighted by molar-refractivity contribution is 0.118. The number of thiophene rings is 1. The molecule has 1 aromatic rings. The zero-order valence-electron chi connectivity index (χ0n) is 11.5. The fourth-order valence-electron chi connectivity index (χ4n) is 2.59. The van der Waals surface area contributed by atoms with E-state index in [-0.39, 0.29) is 0 Å². The molecule has 0 spiro atoms. The molecule has 4 heteroatoms. The average Bonchev–Trinajstić information content (AvgIpc) is 2.68. The van der Waals surface area contributed by atoms with E-state index in [9.17, 15) is 0 Å². The number of halogens is 1. The summed E-state index contributed by atoms with van der Waals surface area (Å²) in [5, 5.41) is 3.65. The topological polar surface area (TPSA) is 15.3 Å². The van der Waals surface area contributed by atoms with Crippen LogP contribution in [0.3, 0.4) is 0 Å². The van der Waals surface area contributed by atoms with Crippen molar-refractivity contribution in [1.82, 2.24) is 10.2 Å². The Bertz CT molecular complexity index is 372. The first kappa shape index (κ1) is 14.5. The Kier molecular flexibility index (Phi) is 5.24. The number of nitrogens with zero attached hydrogens (tertiary/aromatic N) is 1. The van der Waals surface area contributed by atoms with Crippen LogP contribution in [0.2, 0.25) is 0 Å². The van der Waals surface area contributed by atoms with Crippen molar-refractivity contribution in [3.8, 4) is 0 Å². The summed E-state index contributed by atoms with van der Waals surface area (Å²) >= 11 is 5.54. The quantitative estimate of drug-likeness (QED) is 0.903. The van der Waals surface area contributed by atoms with Crippen molar-refractivity contribution in [2.75, 3.05) is 13.1 Å². The molecule has 18 heavy (non-hydrogen) atoms. The molecule has 2 nitrogen and oxygen atoms in total. The van der Waals surface area contributed by atoms with Gasteiger partial charge in [-0.1, -0.05) is 13.8 Å². The van der Waals surface area contributed by atoms with Crippen LogP contribution in [0.15, 0.2) is 10.5 Å². The van der Waals surface area contributed by atoms with Gasteiger partial charge in [0.15, 0.2) is 0 Å². The largest absolute Gasteiger partial charge is 0.311 e. The first-order chi connectivity index (χ1) is 8.63. The van der Waals surface area contributed by atoms with E-state index >= 15 is 0 Å². The molecule has 1 aliphatic rings. The minimum atomic E-state index is 0.664. The van der Waals surface area contributed by atoms with Crippen molar-refractivity contribution in [3.05, 3.63) is 20.3 Å². The Labute approximate surface area is 123 Å². The maximum Gasteiger partial charge on any atom is 0.0332 e. The third kappa shape index (κ3) is 3.35. The number of nitrogens with one attached hydrogen (secondary N) is 1. The van der Waals surface area contributed by atoms with E-state index in [1.165, 1.54) is 33.6 Å². The van der Waals surface area contributed by atoms with E-state index < -0.39 is 0 Å². The van der Waals surface area contributed by atoms with E-state index in [0.29, 0.717) is 12.1 Å². The molecule has 0 aromatic carbocycles. The van der Waals surface area contributed by atoms with Crippen molar-refractivity contribution in [3.63, 3.8) is 0 Å². The third-order valence-corrected chi connectivity index (χ3v) is 5.97. The van der Waals surface area contributed by atoms with E-state index in [2.05, 4.69) is 53.0 Å². The maximum absolute atomic E-state index is 3.65. The van der Waals surface area contributed by atoms with Gasteiger partial charge >= 0.3 is 0 Å². The lowest BCUT2D eigenvalue weighted by Gasteiger charge is -2.39. The number of aryl methyl sites for hydroxylation is 1. The number of hydrogen-bond acceptors (Lipinski definition) is 3. The fourth-order valence-corrected chi connectivity index (χ4v) is 4.22. The summed E-state index contributed by atoms with van der Waals surface area (Å²) < 4.78 is 1.26. The number of rotatable bonds is 4. The lowest BCUT2D eigenvalue weighted by atomic mass is 10.1. The van der Waals surface area contributed by atoms with Crippen molar-refractivity contribution >= 4 is 27.3 Å². The summed E-state index contributed by atoms with van der Waals surface area (Å²) in [5.74, 6) is 0. The first-order valence-electron chi connectivity index (χ1n) is 6.86. The van der Waals surface area contributed by atoms with E-state index in [1.807, 2.05) is 11.3 Å². The zero-order valence-corrected chi connectivity index (χ0v) is 13.9. The lowest BCUT2D eigenvalue weighted by Crippen LogP contribution is -2.55. The molecule has 0 amide bonds. The van der Waals surface area contributed by atoms with Gasteiger partial charge in [-0.25, -0.2) is 0 Å². The standard InChI is InChI=1S/C14H23BrN2S/c1-4-11-8-17(12(5-2)7-16-11)9-13-6-14(15)10(3)18-13/h6,11-12,16H,4-5,7-9H2,1-3H3. The van der Waals surface area contributed by atoms with Crippen LogP contribution < -0.4 is 5.32 Å². The third-order valence-electron chi connectivity index (χ3n) is 3.84. The minimum Gasteiger partial charge on any atom is -0.311 e. The Morgan fingerprint density at radius 3 is 2.78 bits per heavy atom. The van der Waals surface area contributed by atoms with Crippen molar-refractivity contribution < 1.29 is 0 Å². The molecule has 2 unspecified atom stereocenters. The van der Waals surface area contributed by atoms with Gasteiger partial charge < -0.3 is 5.32 Å². The van der Waals surface area contributed by atoms with Gasteiger partial charge in [-0.2, -0.15) is 0 Å². The van der Waals surface area contributed by atoms with Crippen LogP contribution in [0.1, 0.15) is 36.4 Å². The Morgan fingerprint density at radius 1 is 1.44 bits per heavy atom. The van der Waals surface area contributed by atoms with Crippen LogP contribution in [0.4, 0.5) is 0 Å². The molecule has 1 aliphatic heterocycles. The monoisotopic (exact) mass is 330 g/mol. The summed E-state index contributed by atoms with van der Waals surface area (Å²) in [7, 11) is 0. The molecule has 0 radical (unpaired) electrons. The van der Waals surface area contributed by atoms with Crippen LogP contribution >= 0.6 is 27.3 Å². The van der Waals surface area contributed by atoms with Crippen molar-refractivity contribution in [1.29, 1.82) is 0 Å². The molecule has 2 rings (SSSR count). The van der Waals surface area contributed by atoms with Gasteiger partial charge in [0.05, 0.1) is 0 Å². The van der Waals surface area contributed by atoms with E-state index in [0.717, 1.165) is 13.1 Å². The molecule has 1 aromatic heterocycles. The van der Waals surface area contributed by atoms with Gasteiger partial charge in [0.2, 0.25) is 0 Å². The smallest absolute Gasteiger partial charge is 0.0332 e. The predicted octanol–water partition coefficient (Wildman–Crippen LogP) is 3.78. The normalized spacial score (nSPS) is 25.6. The summed E-state index contributed by atoms with van der Waals surface area (Å²) in [6.07, 6.45) is 2.45. The second kappa shape index (κ2) is 6.51. The molecule has 1 saturated heterocycles. The number of hydrogen-bond donors (Lipinski definition) is 1. The van der Waals surface area contributed by atoms with Crippen LogP contribution in [-0.4, -0.2) is 30.1 Å². The van der Waals surface area contributed by atoms with E-state index in [4.69, 9.17) is 0 Å². The van der Waals surface area contributed by atoms with Crippen molar-refractivity contribution in [2.45, 2.75) is 52.2 Å². The van der Waals surface area contributed by atoms with Gasteiger partial charge in [-0.15, -0.1) is 11.3 Å². The highest BCUT2D eigenvalue weighted by Crippen LogP contribution is 2.28. The molecule has 102 valence electrons. The highest BCUT2D eigenvalue weighted by atomic mass is 79.9. The molecule has 1 fully saturated rings. The van der Waals surface area contributed by atoms with Crippen molar-refractivity contribution in [2.24, 2.45) is 0 Å². The second-order valence-electron chi connectivity index (χ2n) is 5.12. The highest BCUT2D eigenvalue weighted by Gasteiger charge is 2.26. The molecule has 2 heterocycles. The maximum atomic E-state index is 3.65. The van der Waals surface area contributed by atoms with Crippen LogP contribution in [0.5, 0.6) is 0 Å². The van der Waals surface area contributed by atoms with Gasteiger partial charge in [-0.05, 0) is 41.8 Å². The average molecular weight is 331 g/mol. The molecule has 1 N–H and O–H groups in total. The minimum absolute atomic E-state index is 0.664. The first-order valence-corrected chi connectivity index (χ1v) is 8.47. The Morgan fingerprint density at radius 2 is 2.22 bits per heavy atom. The molecule has 2 atom stereocenters. The summed E-state index contributed by atoms with van der Waals surface area (Å²) in [6.45, 7) is 10.2. The SMILES string of the molecule is CCC1CN(Cc2cc(Br)c(C)s2)C(CC)CN1. The van der Waals surface area contributed by atoms with Crippen LogP contribution in [-0.2, 0) is 6.54 Å². The van der Waals surface area contributed by atoms with Crippen LogP contribution in [0, 0.1) is 6.92 Å².